The molecule has 0 fully saturated rings. The monoisotopic (exact) mass is 275 g/mol. The summed E-state index contributed by atoms with van der Waals surface area (Å²) in [6.07, 6.45) is 7.80. The standard InChI is InChI=1S/C18H29NO/c1-3-5-6-7-12-17(19-4-2)18-16-11-9-8-10-15(16)13-14-20-18/h8-11,17-19H,3-7,12-14H2,1-2H3. The molecule has 2 heteroatoms. The first-order chi connectivity index (χ1) is 9.86. The van der Waals surface area contributed by atoms with Gasteiger partial charge in [0.15, 0.2) is 0 Å². The molecule has 1 aromatic carbocycles. The van der Waals surface area contributed by atoms with Crippen LogP contribution in [-0.4, -0.2) is 19.2 Å². The van der Waals surface area contributed by atoms with Gasteiger partial charge in [-0.3, -0.25) is 0 Å². The van der Waals surface area contributed by atoms with Crippen molar-refractivity contribution in [3.05, 3.63) is 35.4 Å². The molecule has 2 nitrogen and oxygen atoms in total. The lowest BCUT2D eigenvalue weighted by Gasteiger charge is -2.33. The Morgan fingerprint density at radius 2 is 2.05 bits per heavy atom. The predicted molar refractivity (Wildman–Crippen MR) is 85.1 cm³/mol. The fraction of sp³-hybridized carbons (Fsp3) is 0.667. The molecule has 2 unspecified atom stereocenters. The normalized spacial score (nSPS) is 19.6. The van der Waals surface area contributed by atoms with E-state index < -0.39 is 0 Å². The molecule has 1 N–H and O–H groups in total. The first kappa shape index (κ1) is 15.5. The fourth-order valence-corrected chi connectivity index (χ4v) is 3.17. The highest BCUT2D eigenvalue weighted by molar-refractivity contribution is 5.31. The van der Waals surface area contributed by atoms with Crippen LogP contribution in [-0.2, 0) is 11.2 Å². The van der Waals surface area contributed by atoms with E-state index in [1.165, 1.54) is 43.2 Å². The van der Waals surface area contributed by atoms with Gasteiger partial charge in [-0.15, -0.1) is 0 Å². The molecular weight excluding hydrogens is 246 g/mol. The zero-order valence-electron chi connectivity index (χ0n) is 13.0. The smallest absolute Gasteiger partial charge is 0.0980 e. The summed E-state index contributed by atoms with van der Waals surface area (Å²) < 4.78 is 6.11. The molecule has 1 heterocycles. The summed E-state index contributed by atoms with van der Waals surface area (Å²) in [6, 6.07) is 9.24. The van der Waals surface area contributed by atoms with Gasteiger partial charge in [0.2, 0.25) is 0 Å². The van der Waals surface area contributed by atoms with E-state index in [0.717, 1.165) is 19.6 Å². The molecule has 20 heavy (non-hydrogen) atoms. The van der Waals surface area contributed by atoms with E-state index in [1.54, 1.807) is 0 Å². The minimum absolute atomic E-state index is 0.238. The summed E-state index contributed by atoms with van der Waals surface area (Å²) >= 11 is 0. The highest BCUT2D eigenvalue weighted by atomic mass is 16.5. The fourth-order valence-electron chi connectivity index (χ4n) is 3.17. The summed E-state index contributed by atoms with van der Waals surface area (Å²) in [7, 11) is 0. The maximum absolute atomic E-state index is 6.11. The van der Waals surface area contributed by atoms with Gasteiger partial charge in [-0.25, -0.2) is 0 Å². The summed E-state index contributed by atoms with van der Waals surface area (Å²) in [5.74, 6) is 0. The van der Waals surface area contributed by atoms with Gasteiger partial charge in [-0.1, -0.05) is 63.8 Å². The van der Waals surface area contributed by atoms with E-state index in [4.69, 9.17) is 4.74 Å². The van der Waals surface area contributed by atoms with Crippen molar-refractivity contribution in [2.24, 2.45) is 0 Å². The summed E-state index contributed by atoms with van der Waals surface area (Å²) in [5.41, 5.74) is 2.88. The van der Waals surface area contributed by atoms with Crippen molar-refractivity contribution >= 4 is 0 Å². The molecule has 0 aromatic heterocycles. The molecule has 1 aromatic rings. The van der Waals surface area contributed by atoms with Gasteiger partial charge in [-0.2, -0.15) is 0 Å². The van der Waals surface area contributed by atoms with Crippen LogP contribution in [0.3, 0.4) is 0 Å². The Labute approximate surface area is 123 Å². The molecule has 0 bridgehead atoms. The highest BCUT2D eigenvalue weighted by Crippen LogP contribution is 2.31. The maximum atomic E-state index is 6.11. The minimum Gasteiger partial charge on any atom is -0.372 e. The van der Waals surface area contributed by atoms with E-state index in [-0.39, 0.29) is 6.10 Å². The molecule has 0 aliphatic carbocycles. The number of fused-ring (bicyclic) bond motifs is 1. The molecule has 0 saturated heterocycles. The molecule has 1 aliphatic rings. The third kappa shape index (κ3) is 4.07. The Morgan fingerprint density at radius 3 is 2.85 bits per heavy atom. The average molecular weight is 275 g/mol. The molecule has 2 atom stereocenters. The van der Waals surface area contributed by atoms with Gasteiger partial charge in [0.05, 0.1) is 12.7 Å². The molecular formula is C18H29NO. The third-order valence-corrected chi connectivity index (χ3v) is 4.23. The minimum atomic E-state index is 0.238. The number of hydrogen-bond donors (Lipinski definition) is 1. The molecule has 0 radical (unpaired) electrons. The van der Waals surface area contributed by atoms with Crippen molar-refractivity contribution in [2.45, 2.75) is 64.5 Å². The third-order valence-electron chi connectivity index (χ3n) is 4.23. The van der Waals surface area contributed by atoms with Crippen LogP contribution in [0.15, 0.2) is 24.3 Å². The SMILES string of the molecule is CCCCCCC(NCC)C1OCCc2ccccc21. The quantitative estimate of drug-likeness (QED) is 0.716. The lowest BCUT2D eigenvalue weighted by atomic mass is 9.90. The number of ether oxygens (including phenoxy) is 1. The maximum Gasteiger partial charge on any atom is 0.0980 e. The lowest BCUT2D eigenvalue weighted by Crippen LogP contribution is -2.38. The molecule has 0 spiro atoms. The van der Waals surface area contributed by atoms with Gasteiger partial charge in [0.25, 0.3) is 0 Å². The van der Waals surface area contributed by atoms with Gasteiger partial charge in [0.1, 0.15) is 0 Å². The van der Waals surface area contributed by atoms with E-state index in [0.29, 0.717) is 6.04 Å². The van der Waals surface area contributed by atoms with Crippen LogP contribution in [0.4, 0.5) is 0 Å². The number of benzene rings is 1. The zero-order valence-corrected chi connectivity index (χ0v) is 13.0. The Kier molecular flexibility index (Phi) is 6.55. The van der Waals surface area contributed by atoms with Crippen LogP contribution in [0.2, 0.25) is 0 Å². The van der Waals surface area contributed by atoms with Gasteiger partial charge < -0.3 is 10.1 Å². The second kappa shape index (κ2) is 8.43. The average Bonchev–Trinajstić information content (AvgIpc) is 2.50. The first-order valence-corrected chi connectivity index (χ1v) is 8.29. The predicted octanol–water partition coefficient (Wildman–Crippen LogP) is 4.25. The van der Waals surface area contributed by atoms with Crippen molar-refractivity contribution in [2.75, 3.05) is 13.2 Å². The molecule has 0 saturated carbocycles. The summed E-state index contributed by atoms with van der Waals surface area (Å²) in [4.78, 5) is 0. The van der Waals surface area contributed by atoms with Gasteiger partial charge in [-0.05, 0) is 30.5 Å². The van der Waals surface area contributed by atoms with Crippen LogP contribution in [0.1, 0.15) is 63.2 Å². The second-order valence-electron chi connectivity index (χ2n) is 5.75. The van der Waals surface area contributed by atoms with Crippen LogP contribution in [0, 0.1) is 0 Å². The number of rotatable bonds is 8. The van der Waals surface area contributed by atoms with E-state index >= 15 is 0 Å². The van der Waals surface area contributed by atoms with Crippen molar-refractivity contribution in [3.8, 4) is 0 Å². The zero-order chi connectivity index (χ0) is 14.2. The molecule has 0 amide bonds. The number of hydrogen-bond acceptors (Lipinski definition) is 2. The molecule has 112 valence electrons. The Bertz CT molecular complexity index is 391. The van der Waals surface area contributed by atoms with Gasteiger partial charge >= 0.3 is 0 Å². The molecule has 1 aliphatic heterocycles. The van der Waals surface area contributed by atoms with Crippen LogP contribution in [0.5, 0.6) is 0 Å². The Hall–Kier alpha value is -0.860. The van der Waals surface area contributed by atoms with Crippen molar-refractivity contribution < 1.29 is 4.74 Å². The highest BCUT2D eigenvalue weighted by Gasteiger charge is 2.27. The van der Waals surface area contributed by atoms with Crippen molar-refractivity contribution in [3.63, 3.8) is 0 Å². The molecule has 2 rings (SSSR count). The largest absolute Gasteiger partial charge is 0.372 e. The topological polar surface area (TPSA) is 21.3 Å². The van der Waals surface area contributed by atoms with E-state index in [9.17, 15) is 0 Å². The van der Waals surface area contributed by atoms with E-state index in [2.05, 4.69) is 43.4 Å². The van der Waals surface area contributed by atoms with Crippen LogP contribution in [0.25, 0.3) is 0 Å². The van der Waals surface area contributed by atoms with Crippen LogP contribution >= 0.6 is 0 Å². The first-order valence-electron chi connectivity index (χ1n) is 8.29. The Morgan fingerprint density at radius 1 is 1.20 bits per heavy atom. The van der Waals surface area contributed by atoms with Crippen molar-refractivity contribution in [1.29, 1.82) is 0 Å². The second-order valence-corrected chi connectivity index (χ2v) is 5.75. The summed E-state index contributed by atoms with van der Waals surface area (Å²) in [5, 5.41) is 3.65. The lowest BCUT2D eigenvalue weighted by molar-refractivity contribution is 0.0130. The summed E-state index contributed by atoms with van der Waals surface area (Å²) in [6.45, 7) is 6.33. The van der Waals surface area contributed by atoms with E-state index in [1.807, 2.05) is 0 Å². The Balaban J connectivity index is 2.02. The van der Waals surface area contributed by atoms with Gasteiger partial charge in [0, 0.05) is 6.04 Å². The number of unbranched alkanes of at least 4 members (excludes halogenated alkanes) is 3. The van der Waals surface area contributed by atoms with Crippen molar-refractivity contribution in [1.82, 2.24) is 5.32 Å². The number of nitrogens with one attached hydrogen (secondary N) is 1. The number of likely N-dealkylation sites (N-methyl/N-ethyl adjacent to an activating group) is 1. The van der Waals surface area contributed by atoms with Crippen LogP contribution < -0.4 is 5.32 Å².